The van der Waals surface area contributed by atoms with Crippen LogP contribution in [0.5, 0.6) is 0 Å². The Morgan fingerprint density at radius 1 is 1.17 bits per heavy atom. The Kier molecular flexibility index (Phi) is 5.86. The van der Waals surface area contributed by atoms with Crippen LogP contribution >= 0.6 is 23.2 Å². The van der Waals surface area contributed by atoms with Crippen LogP contribution in [-0.2, 0) is 4.79 Å². The van der Waals surface area contributed by atoms with E-state index in [1.807, 2.05) is 0 Å². The number of nitrogens with zero attached hydrogens (tertiary/aromatic N) is 1. The fourth-order valence-corrected chi connectivity index (χ4v) is 2.93. The average molecular weight is 354 g/mol. The molecule has 1 aromatic carbocycles. The van der Waals surface area contributed by atoms with Crippen molar-refractivity contribution in [3.05, 3.63) is 33.8 Å². The summed E-state index contributed by atoms with van der Waals surface area (Å²) in [5, 5.41) is 15.2. The lowest BCUT2D eigenvalue weighted by molar-refractivity contribution is -0.121. The van der Waals surface area contributed by atoms with Crippen molar-refractivity contribution in [1.29, 1.82) is 5.26 Å². The molecule has 0 bridgehead atoms. The van der Waals surface area contributed by atoms with Gasteiger partial charge >= 0.3 is 0 Å². The molecule has 7 heteroatoms. The lowest BCUT2D eigenvalue weighted by Crippen LogP contribution is -2.51. The SMILES string of the molecule is N#CC1(NC(=O)CNC(=O)c2ccc(Cl)c(Cl)c2)CCCCC1. The summed E-state index contributed by atoms with van der Waals surface area (Å²) in [6, 6.07) is 6.69. The summed E-state index contributed by atoms with van der Waals surface area (Å²) in [6.07, 6.45) is 4.21. The second-order valence-corrected chi connectivity index (χ2v) is 6.43. The molecule has 1 fully saturated rings. The van der Waals surface area contributed by atoms with Crippen molar-refractivity contribution in [3.8, 4) is 6.07 Å². The van der Waals surface area contributed by atoms with Crippen molar-refractivity contribution >= 4 is 35.0 Å². The highest BCUT2D eigenvalue weighted by molar-refractivity contribution is 6.42. The number of hydrogen-bond acceptors (Lipinski definition) is 3. The number of nitriles is 1. The van der Waals surface area contributed by atoms with Gasteiger partial charge in [-0.15, -0.1) is 0 Å². The number of halogens is 2. The van der Waals surface area contributed by atoms with Gasteiger partial charge in [0.2, 0.25) is 5.91 Å². The molecule has 0 heterocycles. The zero-order valence-electron chi connectivity index (χ0n) is 12.5. The maximum atomic E-state index is 12.0. The van der Waals surface area contributed by atoms with Crippen LogP contribution in [0.15, 0.2) is 18.2 Å². The van der Waals surface area contributed by atoms with Gasteiger partial charge in [-0.3, -0.25) is 9.59 Å². The van der Waals surface area contributed by atoms with Gasteiger partial charge in [0, 0.05) is 5.56 Å². The summed E-state index contributed by atoms with van der Waals surface area (Å²) in [6.45, 7) is -0.192. The number of rotatable bonds is 4. The predicted molar refractivity (Wildman–Crippen MR) is 88.4 cm³/mol. The Bertz CT molecular complexity index is 649. The maximum absolute atomic E-state index is 12.0. The minimum Gasteiger partial charge on any atom is -0.343 e. The first kappa shape index (κ1) is 17.6. The van der Waals surface area contributed by atoms with Gasteiger partial charge in [-0.2, -0.15) is 5.26 Å². The molecule has 0 saturated heterocycles. The van der Waals surface area contributed by atoms with Crippen molar-refractivity contribution in [2.24, 2.45) is 0 Å². The Morgan fingerprint density at radius 2 is 1.87 bits per heavy atom. The zero-order valence-corrected chi connectivity index (χ0v) is 14.0. The number of hydrogen-bond donors (Lipinski definition) is 2. The van der Waals surface area contributed by atoms with E-state index in [-0.39, 0.29) is 17.5 Å². The second kappa shape index (κ2) is 7.67. The molecule has 0 aromatic heterocycles. The quantitative estimate of drug-likeness (QED) is 0.872. The van der Waals surface area contributed by atoms with Gasteiger partial charge in [0.15, 0.2) is 0 Å². The lowest BCUT2D eigenvalue weighted by atomic mass is 9.83. The molecular weight excluding hydrogens is 337 g/mol. The van der Waals surface area contributed by atoms with Gasteiger partial charge in [-0.25, -0.2) is 0 Å². The van der Waals surface area contributed by atoms with Gasteiger partial charge in [-0.1, -0.05) is 42.5 Å². The molecule has 1 aliphatic carbocycles. The van der Waals surface area contributed by atoms with Crippen molar-refractivity contribution in [3.63, 3.8) is 0 Å². The van der Waals surface area contributed by atoms with E-state index in [0.717, 1.165) is 19.3 Å². The molecular formula is C16H17Cl2N3O2. The van der Waals surface area contributed by atoms with Gasteiger partial charge in [0.1, 0.15) is 5.54 Å². The molecule has 122 valence electrons. The van der Waals surface area contributed by atoms with Gasteiger partial charge in [0.05, 0.1) is 22.7 Å². The summed E-state index contributed by atoms with van der Waals surface area (Å²) in [5.74, 6) is -0.796. The third-order valence-electron chi connectivity index (χ3n) is 3.89. The number of benzene rings is 1. The molecule has 0 unspecified atom stereocenters. The molecule has 0 radical (unpaired) electrons. The van der Waals surface area contributed by atoms with Crippen LogP contribution in [0, 0.1) is 11.3 Å². The molecule has 0 spiro atoms. The first-order valence-electron chi connectivity index (χ1n) is 7.41. The summed E-state index contributed by atoms with van der Waals surface area (Å²) in [4.78, 5) is 24.0. The largest absolute Gasteiger partial charge is 0.343 e. The number of carbonyl (C=O) groups excluding carboxylic acids is 2. The topological polar surface area (TPSA) is 82.0 Å². The molecule has 2 rings (SSSR count). The molecule has 1 aromatic rings. The van der Waals surface area contributed by atoms with E-state index in [4.69, 9.17) is 23.2 Å². The highest BCUT2D eigenvalue weighted by atomic mass is 35.5. The molecule has 2 N–H and O–H groups in total. The van der Waals surface area contributed by atoms with Gasteiger partial charge < -0.3 is 10.6 Å². The van der Waals surface area contributed by atoms with Crippen LogP contribution in [0.3, 0.4) is 0 Å². The number of carbonyl (C=O) groups is 2. The standard InChI is InChI=1S/C16H17Cl2N3O2/c17-12-5-4-11(8-13(12)18)15(23)20-9-14(22)21-16(10-19)6-2-1-3-7-16/h4-5,8H,1-3,6-7,9H2,(H,20,23)(H,21,22). The summed E-state index contributed by atoms with van der Waals surface area (Å²) in [7, 11) is 0. The molecule has 0 aliphatic heterocycles. The highest BCUT2D eigenvalue weighted by Gasteiger charge is 2.33. The smallest absolute Gasteiger partial charge is 0.251 e. The fourth-order valence-electron chi connectivity index (χ4n) is 2.63. The van der Waals surface area contributed by atoms with Crippen LogP contribution in [-0.4, -0.2) is 23.9 Å². The molecule has 1 saturated carbocycles. The third kappa shape index (κ3) is 4.60. The normalized spacial score (nSPS) is 16.2. The van der Waals surface area contributed by atoms with Crippen LogP contribution in [0.2, 0.25) is 10.0 Å². The fraction of sp³-hybridized carbons (Fsp3) is 0.438. The van der Waals surface area contributed by atoms with E-state index in [1.54, 1.807) is 0 Å². The van der Waals surface area contributed by atoms with Crippen molar-refractivity contribution in [2.45, 2.75) is 37.6 Å². The third-order valence-corrected chi connectivity index (χ3v) is 4.63. The Labute approximate surface area is 144 Å². The molecule has 1 aliphatic rings. The monoisotopic (exact) mass is 353 g/mol. The summed E-state index contributed by atoms with van der Waals surface area (Å²) >= 11 is 11.7. The van der Waals surface area contributed by atoms with E-state index < -0.39 is 11.4 Å². The minimum atomic E-state index is -0.802. The minimum absolute atomic E-state index is 0.192. The van der Waals surface area contributed by atoms with Crippen molar-refractivity contribution in [1.82, 2.24) is 10.6 Å². The lowest BCUT2D eigenvalue weighted by Gasteiger charge is -2.31. The Morgan fingerprint density at radius 3 is 2.48 bits per heavy atom. The maximum Gasteiger partial charge on any atom is 0.251 e. The molecule has 0 atom stereocenters. The second-order valence-electron chi connectivity index (χ2n) is 5.61. The summed E-state index contributed by atoms with van der Waals surface area (Å²) in [5.41, 5.74) is -0.483. The van der Waals surface area contributed by atoms with E-state index >= 15 is 0 Å². The van der Waals surface area contributed by atoms with Gasteiger partial charge in [0.25, 0.3) is 5.91 Å². The zero-order chi connectivity index (χ0) is 16.9. The van der Waals surface area contributed by atoms with Crippen LogP contribution in [0.1, 0.15) is 42.5 Å². The first-order chi connectivity index (χ1) is 11.0. The first-order valence-corrected chi connectivity index (χ1v) is 8.17. The van der Waals surface area contributed by atoms with Gasteiger partial charge in [-0.05, 0) is 31.0 Å². The van der Waals surface area contributed by atoms with Crippen LogP contribution in [0.4, 0.5) is 0 Å². The van der Waals surface area contributed by atoms with Crippen LogP contribution in [0.25, 0.3) is 0 Å². The molecule has 23 heavy (non-hydrogen) atoms. The highest BCUT2D eigenvalue weighted by Crippen LogP contribution is 2.27. The van der Waals surface area contributed by atoms with E-state index in [2.05, 4.69) is 16.7 Å². The van der Waals surface area contributed by atoms with E-state index in [9.17, 15) is 14.9 Å². The summed E-state index contributed by atoms with van der Waals surface area (Å²) < 4.78 is 0. The predicted octanol–water partition coefficient (Wildman–Crippen LogP) is 3.07. The molecule has 5 nitrogen and oxygen atoms in total. The van der Waals surface area contributed by atoms with Crippen molar-refractivity contribution < 1.29 is 9.59 Å². The van der Waals surface area contributed by atoms with Crippen LogP contribution < -0.4 is 10.6 Å². The number of nitrogens with one attached hydrogen (secondary N) is 2. The number of amides is 2. The molecule has 2 amide bonds. The Balaban J connectivity index is 1.89. The Hall–Kier alpha value is -1.77. The van der Waals surface area contributed by atoms with E-state index in [0.29, 0.717) is 23.4 Å². The van der Waals surface area contributed by atoms with E-state index in [1.165, 1.54) is 18.2 Å². The van der Waals surface area contributed by atoms with Crippen molar-refractivity contribution in [2.75, 3.05) is 6.54 Å². The average Bonchev–Trinajstić information content (AvgIpc) is 2.56.